The molecule has 0 bridgehead atoms. The van der Waals surface area contributed by atoms with Crippen molar-refractivity contribution >= 4 is 28.6 Å². The predicted octanol–water partition coefficient (Wildman–Crippen LogP) is 3.46. The Balaban J connectivity index is 1.65. The number of rotatable bonds is 3. The second-order valence-electron chi connectivity index (χ2n) is 5.44. The van der Waals surface area contributed by atoms with Gasteiger partial charge >= 0.3 is 0 Å². The zero-order valence-corrected chi connectivity index (χ0v) is 13.4. The van der Waals surface area contributed by atoms with Crippen molar-refractivity contribution in [3.63, 3.8) is 0 Å². The molecule has 3 rings (SSSR count). The first-order valence-electron chi connectivity index (χ1n) is 6.91. The fraction of sp³-hybridized carbons (Fsp3) is 0.467. The zero-order valence-electron chi connectivity index (χ0n) is 11.8. The van der Waals surface area contributed by atoms with E-state index in [0.29, 0.717) is 12.3 Å². The monoisotopic (exact) mass is 306 g/mol. The molecular weight excluding hydrogens is 288 g/mol. The van der Waals surface area contributed by atoms with Crippen LogP contribution >= 0.6 is 22.7 Å². The number of thiazole rings is 1. The molecule has 5 heteroatoms. The summed E-state index contributed by atoms with van der Waals surface area (Å²) in [4.78, 5) is 20.3. The second-order valence-corrected chi connectivity index (χ2v) is 7.33. The van der Waals surface area contributed by atoms with Gasteiger partial charge in [-0.05, 0) is 23.4 Å². The van der Waals surface area contributed by atoms with E-state index in [1.165, 1.54) is 10.4 Å². The van der Waals surface area contributed by atoms with Crippen molar-refractivity contribution < 1.29 is 4.79 Å². The standard InChI is InChI=1S/C15H18N2OS2/c1-10(2)15-16-12(9-20-15)7-14(18)17-5-3-13-11(8-17)4-6-19-13/h4,6,9-10H,3,5,7-8H2,1-2H3. The third-order valence-corrected chi connectivity index (χ3v) is 5.77. The SMILES string of the molecule is CC(C)c1nc(CC(=O)N2CCc3sccc3C2)cs1. The number of thiophene rings is 1. The highest BCUT2D eigenvalue weighted by molar-refractivity contribution is 7.10. The summed E-state index contributed by atoms with van der Waals surface area (Å²) in [5.41, 5.74) is 2.23. The molecule has 1 amide bonds. The van der Waals surface area contributed by atoms with E-state index in [2.05, 4.69) is 30.3 Å². The normalized spacial score (nSPS) is 14.7. The van der Waals surface area contributed by atoms with Gasteiger partial charge < -0.3 is 4.90 Å². The molecule has 0 fully saturated rings. The molecule has 0 radical (unpaired) electrons. The molecule has 1 aliphatic rings. The van der Waals surface area contributed by atoms with Gasteiger partial charge in [0.15, 0.2) is 0 Å². The highest BCUT2D eigenvalue weighted by Crippen LogP contribution is 2.25. The van der Waals surface area contributed by atoms with Gasteiger partial charge in [-0.25, -0.2) is 4.98 Å². The zero-order chi connectivity index (χ0) is 14.1. The summed E-state index contributed by atoms with van der Waals surface area (Å²) in [5, 5.41) is 5.26. The van der Waals surface area contributed by atoms with E-state index in [0.717, 1.165) is 30.2 Å². The Hall–Kier alpha value is -1.20. The van der Waals surface area contributed by atoms with Crippen molar-refractivity contribution in [2.75, 3.05) is 6.54 Å². The minimum Gasteiger partial charge on any atom is -0.338 e. The molecule has 0 N–H and O–H groups in total. The van der Waals surface area contributed by atoms with Gasteiger partial charge in [-0.15, -0.1) is 22.7 Å². The summed E-state index contributed by atoms with van der Waals surface area (Å²) in [6, 6.07) is 2.14. The number of aromatic nitrogens is 1. The molecule has 0 saturated carbocycles. The average Bonchev–Trinajstić information content (AvgIpc) is 3.05. The molecule has 0 aliphatic carbocycles. The summed E-state index contributed by atoms with van der Waals surface area (Å²) < 4.78 is 0. The van der Waals surface area contributed by atoms with Gasteiger partial charge in [0.25, 0.3) is 0 Å². The molecule has 3 heterocycles. The third-order valence-electron chi connectivity index (χ3n) is 3.56. The smallest absolute Gasteiger partial charge is 0.228 e. The highest BCUT2D eigenvalue weighted by Gasteiger charge is 2.22. The first-order chi connectivity index (χ1) is 9.63. The topological polar surface area (TPSA) is 33.2 Å². The van der Waals surface area contributed by atoms with E-state index >= 15 is 0 Å². The van der Waals surface area contributed by atoms with Crippen molar-refractivity contribution in [1.82, 2.24) is 9.88 Å². The Morgan fingerprint density at radius 1 is 1.45 bits per heavy atom. The van der Waals surface area contributed by atoms with Crippen molar-refractivity contribution in [3.05, 3.63) is 38.0 Å². The lowest BCUT2D eigenvalue weighted by molar-refractivity contribution is -0.131. The molecule has 0 atom stereocenters. The van der Waals surface area contributed by atoms with Crippen molar-refractivity contribution in [3.8, 4) is 0 Å². The van der Waals surface area contributed by atoms with Crippen LogP contribution in [-0.2, 0) is 24.2 Å². The van der Waals surface area contributed by atoms with Crippen LogP contribution in [0.1, 0.15) is 40.9 Å². The summed E-state index contributed by atoms with van der Waals surface area (Å²) in [6.07, 6.45) is 1.43. The minimum absolute atomic E-state index is 0.197. The van der Waals surface area contributed by atoms with Crippen LogP contribution in [0.4, 0.5) is 0 Å². The van der Waals surface area contributed by atoms with Gasteiger partial charge in [-0.1, -0.05) is 13.8 Å². The third kappa shape index (κ3) is 2.79. The van der Waals surface area contributed by atoms with Crippen molar-refractivity contribution in [2.24, 2.45) is 0 Å². The van der Waals surface area contributed by atoms with Gasteiger partial charge in [0.1, 0.15) is 0 Å². The molecule has 3 nitrogen and oxygen atoms in total. The Morgan fingerprint density at radius 3 is 3.05 bits per heavy atom. The lowest BCUT2D eigenvalue weighted by Gasteiger charge is -2.26. The maximum Gasteiger partial charge on any atom is 0.228 e. The van der Waals surface area contributed by atoms with E-state index in [1.807, 2.05) is 10.3 Å². The molecule has 2 aromatic rings. The molecule has 2 aromatic heterocycles. The van der Waals surface area contributed by atoms with Gasteiger partial charge in [-0.3, -0.25) is 4.79 Å². The molecule has 0 spiro atoms. The van der Waals surface area contributed by atoms with Crippen molar-refractivity contribution in [1.29, 1.82) is 0 Å². The maximum atomic E-state index is 12.4. The van der Waals surface area contributed by atoms with E-state index in [-0.39, 0.29) is 5.91 Å². The van der Waals surface area contributed by atoms with E-state index in [1.54, 1.807) is 22.7 Å². The van der Waals surface area contributed by atoms with Gasteiger partial charge in [0.2, 0.25) is 5.91 Å². The number of amides is 1. The largest absolute Gasteiger partial charge is 0.338 e. The molecule has 0 saturated heterocycles. The summed E-state index contributed by atoms with van der Waals surface area (Å²) in [6.45, 7) is 5.87. The maximum absolute atomic E-state index is 12.4. The Kier molecular flexibility index (Phi) is 3.89. The second kappa shape index (κ2) is 5.66. The molecule has 1 aliphatic heterocycles. The number of carbonyl (C=O) groups is 1. The predicted molar refractivity (Wildman–Crippen MR) is 83.3 cm³/mol. The van der Waals surface area contributed by atoms with Crippen LogP contribution in [0.25, 0.3) is 0 Å². The van der Waals surface area contributed by atoms with Gasteiger partial charge in [-0.2, -0.15) is 0 Å². The number of carbonyl (C=O) groups excluding carboxylic acids is 1. The quantitative estimate of drug-likeness (QED) is 0.870. The average molecular weight is 306 g/mol. The number of hydrogen-bond acceptors (Lipinski definition) is 4. The van der Waals surface area contributed by atoms with E-state index < -0.39 is 0 Å². The molecular formula is C15H18N2OS2. The van der Waals surface area contributed by atoms with Crippen LogP contribution < -0.4 is 0 Å². The first kappa shape index (κ1) is 13.8. The van der Waals surface area contributed by atoms with E-state index in [4.69, 9.17) is 0 Å². The first-order valence-corrected chi connectivity index (χ1v) is 8.66. The Labute approximate surface area is 127 Å². The minimum atomic E-state index is 0.197. The van der Waals surface area contributed by atoms with Crippen LogP contribution in [0.5, 0.6) is 0 Å². The Morgan fingerprint density at radius 2 is 2.30 bits per heavy atom. The molecule has 0 unspecified atom stereocenters. The van der Waals surface area contributed by atoms with Gasteiger partial charge in [0, 0.05) is 29.3 Å². The highest BCUT2D eigenvalue weighted by atomic mass is 32.1. The van der Waals surface area contributed by atoms with Crippen LogP contribution in [-0.4, -0.2) is 22.3 Å². The summed E-state index contributed by atoms with van der Waals surface area (Å²) in [5.74, 6) is 0.634. The van der Waals surface area contributed by atoms with Crippen LogP contribution in [0.3, 0.4) is 0 Å². The molecule has 106 valence electrons. The van der Waals surface area contributed by atoms with Crippen molar-refractivity contribution in [2.45, 2.75) is 39.2 Å². The number of nitrogens with zero attached hydrogens (tertiary/aromatic N) is 2. The van der Waals surface area contributed by atoms with Crippen LogP contribution in [0.15, 0.2) is 16.8 Å². The lowest BCUT2D eigenvalue weighted by Crippen LogP contribution is -2.36. The fourth-order valence-electron chi connectivity index (χ4n) is 2.40. The Bertz CT molecular complexity index is 615. The van der Waals surface area contributed by atoms with E-state index in [9.17, 15) is 4.79 Å². The number of hydrogen-bond donors (Lipinski definition) is 0. The van der Waals surface area contributed by atoms with Crippen LogP contribution in [0, 0.1) is 0 Å². The lowest BCUT2D eigenvalue weighted by atomic mass is 10.1. The number of fused-ring (bicyclic) bond motifs is 1. The summed E-state index contributed by atoms with van der Waals surface area (Å²) >= 11 is 3.46. The summed E-state index contributed by atoms with van der Waals surface area (Å²) in [7, 11) is 0. The molecule has 20 heavy (non-hydrogen) atoms. The van der Waals surface area contributed by atoms with Crippen LogP contribution in [0.2, 0.25) is 0 Å². The fourth-order valence-corrected chi connectivity index (χ4v) is 4.12. The molecule has 0 aromatic carbocycles. The van der Waals surface area contributed by atoms with Gasteiger partial charge in [0.05, 0.1) is 17.1 Å².